The fourth-order valence-corrected chi connectivity index (χ4v) is 4.29. The molecule has 0 aromatic heterocycles. The summed E-state index contributed by atoms with van der Waals surface area (Å²) in [6.07, 6.45) is 10.7. The van der Waals surface area contributed by atoms with E-state index in [4.69, 9.17) is 0 Å². The lowest BCUT2D eigenvalue weighted by molar-refractivity contribution is -0.139. The average molecular weight is 295 g/mol. The van der Waals surface area contributed by atoms with Crippen molar-refractivity contribution in [1.82, 2.24) is 4.90 Å². The van der Waals surface area contributed by atoms with Crippen LogP contribution in [0.2, 0.25) is 0 Å². The minimum absolute atomic E-state index is 0.187. The molecule has 1 saturated heterocycles. The van der Waals surface area contributed by atoms with Gasteiger partial charge in [-0.2, -0.15) is 0 Å². The molecule has 1 heterocycles. The fraction of sp³-hybridized carbons (Fsp3) is 0.944. The second-order valence-electron chi connectivity index (χ2n) is 7.00. The SMILES string of the molecule is CCCCC(CC)C(=O)N1CCCC1C1CCCCC1O. The third kappa shape index (κ3) is 4.00. The van der Waals surface area contributed by atoms with E-state index in [9.17, 15) is 9.90 Å². The molecule has 1 saturated carbocycles. The van der Waals surface area contributed by atoms with Gasteiger partial charge in [-0.3, -0.25) is 4.79 Å². The molecule has 1 aliphatic heterocycles. The average Bonchev–Trinajstić information content (AvgIpc) is 2.97. The molecule has 122 valence electrons. The number of hydrogen-bond donors (Lipinski definition) is 1. The summed E-state index contributed by atoms with van der Waals surface area (Å²) in [5.74, 6) is 0.895. The molecule has 0 radical (unpaired) electrons. The number of rotatable bonds is 6. The molecule has 3 nitrogen and oxygen atoms in total. The number of carbonyl (C=O) groups is 1. The number of likely N-dealkylation sites (tertiary alicyclic amines) is 1. The first-order valence-electron chi connectivity index (χ1n) is 9.17. The Morgan fingerprint density at radius 1 is 1.19 bits per heavy atom. The van der Waals surface area contributed by atoms with E-state index in [-0.39, 0.29) is 12.0 Å². The van der Waals surface area contributed by atoms with Crippen molar-refractivity contribution < 1.29 is 9.90 Å². The lowest BCUT2D eigenvalue weighted by atomic mass is 9.80. The zero-order valence-electron chi connectivity index (χ0n) is 13.9. The second-order valence-corrected chi connectivity index (χ2v) is 7.00. The zero-order chi connectivity index (χ0) is 15.2. The van der Waals surface area contributed by atoms with Gasteiger partial charge < -0.3 is 10.0 Å². The lowest BCUT2D eigenvalue weighted by Crippen LogP contribution is -2.47. The van der Waals surface area contributed by atoms with E-state index < -0.39 is 0 Å². The Labute approximate surface area is 130 Å². The predicted molar refractivity (Wildman–Crippen MR) is 86.0 cm³/mol. The van der Waals surface area contributed by atoms with Gasteiger partial charge >= 0.3 is 0 Å². The maximum atomic E-state index is 12.9. The largest absolute Gasteiger partial charge is 0.393 e. The topological polar surface area (TPSA) is 40.5 Å². The van der Waals surface area contributed by atoms with Crippen LogP contribution < -0.4 is 0 Å². The molecule has 4 unspecified atom stereocenters. The Hall–Kier alpha value is -0.570. The molecule has 1 aliphatic carbocycles. The second kappa shape index (κ2) is 8.17. The van der Waals surface area contributed by atoms with Gasteiger partial charge in [-0.1, -0.05) is 39.5 Å². The van der Waals surface area contributed by atoms with Crippen LogP contribution in [0.5, 0.6) is 0 Å². The molecule has 0 spiro atoms. The van der Waals surface area contributed by atoms with Crippen molar-refractivity contribution in [2.75, 3.05) is 6.54 Å². The minimum Gasteiger partial charge on any atom is -0.393 e. The van der Waals surface area contributed by atoms with Crippen molar-refractivity contribution in [3.05, 3.63) is 0 Å². The van der Waals surface area contributed by atoms with Gasteiger partial charge in [-0.05, 0) is 38.5 Å². The number of unbranched alkanes of at least 4 members (excludes halogenated alkanes) is 1. The zero-order valence-corrected chi connectivity index (χ0v) is 13.9. The fourth-order valence-electron chi connectivity index (χ4n) is 4.29. The summed E-state index contributed by atoms with van der Waals surface area (Å²) in [5.41, 5.74) is 0. The Kier molecular flexibility index (Phi) is 6.53. The number of aliphatic hydroxyl groups is 1. The van der Waals surface area contributed by atoms with E-state index in [2.05, 4.69) is 18.7 Å². The molecule has 0 aromatic rings. The molecule has 0 bridgehead atoms. The Morgan fingerprint density at radius 3 is 2.62 bits per heavy atom. The maximum absolute atomic E-state index is 12.9. The summed E-state index contributed by atoms with van der Waals surface area (Å²) in [4.78, 5) is 15.0. The number of carbonyl (C=O) groups excluding carboxylic acids is 1. The van der Waals surface area contributed by atoms with E-state index in [1.54, 1.807) is 0 Å². The van der Waals surface area contributed by atoms with Crippen LogP contribution >= 0.6 is 0 Å². The first kappa shape index (κ1) is 16.8. The number of nitrogens with zero attached hydrogens (tertiary/aromatic N) is 1. The Balaban J connectivity index is 2.01. The Bertz CT molecular complexity index is 331. The van der Waals surface area contributed by atoms with E-state index in [1.807, 2.05) is 0 Å². The highest BCUT2D eigenvalue weighted by atomic mass is 16.3. The summed E-state index contributed by atoms with van der Waals surface area (Å²) in [7, 11) is 0. The van der Waals surface area contributed by atoms with Gasteiger partial charge in [-0.15, -0.1) is 0 Å². The summed E-state index contributed by atoms with van der Waals surface area (Å²) >= 11 is 0. The normalized spacial score (nSPS) is 31.4. The van der Waals surface area contributed by atoms with Crippen LogP contribution in [0.25, 0.3) is 0 Å². The van der Waals surface area contributed by atoms with Gasteiger partial charge in [0.05, 0.1) is 6.10 Å². The standard InChI is InChI=1S/C18H33NO2/c1-3-5-9-14(4-2)18(21)19-13-8-11-16(19)15-10-6-7-12-17(15)20/h14-17,20H,3-13H2,1-2H3. The molecule has 4 atom stereocenters. The number of aliphatic hydroxyl groups excluding tert-OH is 1. The first-order valence-corrected chi connectivity index (χ1v) is 9.17. The molecule has 1 amide bonds. The Morgan fingerprint density at radius 2 is 1.95 bits per heavy atom. The van der Waals surface area contributed by atoms with Crippen molar-refractivity contribution in [3.8, 4) is 0 Å². The number of hydrogen-bond acceptors (Lipinski definition) is 2. The van der Waals surface area contributed by atoms with Crippen LogP contribution in [0.4, 0.5) is 0 Å². The predicted octanol–water partition coefficient (Wildman–Crippen LogP) is 3.74. The van der Waals surface area contributed by atoms with Crippen LogP contribution in [0.3, 0.4) is 0 Å². The highest BCUT2D eigenvalue weighted by Crippen LogP contribution is 2.35. The first-order chi connectivity index (χ1) is 10.2. The summed E-state index contributed by atoms with van der Waals surface area (Å²) in [6, 6.07) is 0.309. The summed E-state index contributed by atoms with van der Waals surface area (Å²) in [6.45, 7) is 5.24. The van der Waals surface area contributed by atoms with Crippen molar-refractivity contribution in [2.45, 2.75) is 90.2 Å². The van der Waals surface area contributed by atoms with Gasteiger partial charge in [0.2, 0.25) is 5.91 Å². The highest BCUT2D eigenvalue weighted by Gasteiger charge is 2.40. The van der Waals surface area contributed by atoms with Gasteiger partial charge in [0.1, 0.15) is 0 Å². The molecular formula is C18H33NO2. The summed E-state index contributed by atoms with van der Waals surface area (Å²) < 4.78 is 0. The molecule has 0 aromatic carbocycles. The summed E-state index contributed by atoms with van der Waals surface area (Å²) in [5, 5.41) is 10.3. The molecule has 2 fully saturated rings. The van der Waals surface area contributed by atoms with Crippen molar-refractivity contribution in [3.63, 3.8) is 0 Å². The molecule has 2 aliphatic rings. The maximum Gasteiger partial charge on any atom is 0.225 e. The number of amides is 1. The van der Waals surface area contributed by atoms with Gasteiger partial charge in [0, 0.05) is 24.4 Å². The van der Waals surface area contributed by atoms with E-state index in [1.165, 1.54) is 6.42 Å². The van der Waals surface area contributed by atoms with Gasteiger partial charge in [0.15, 0.2) is 0 Å². The van der Waals surface area contributed by atoms with Crippen molar-refractivity contribution in [1.29, 1.82) is 0 Å². The minimum atomic E-state index is -0.187. The van der Waals surface area contributed by atoms with Crippen molar-refractivity contribution in [2.24, 2.45) is 11.8 Å². The van der Waals surface area contributed by atoms with Crippen molar-refractivity contribution >= 4 is 5.91 Å². The van der Waals surface area contributed by atoms with E-state index >= 15 is 0 Å². The highest BCUT2D eigenvalue weighted by molar-refractivity contribution is 5.79. The molecule has 2 rings (SSSR count). The molecule has 3 heteroatoms. The quantitative estimate of drug-likeness (QED) is 0.811. The van der Waals surface area contributed by atoms with Crippen LogP contribution in [0.1, 0.15) is 78.1 Å². The molecule has 21 heavy (non-hydrogen) atoms. The third-order valence-corrected chi connectivity index (χ3v) is 5.61. The third-order valence-electron chi connectivity index (χ3n) is 5.61. The van der Waals surface area contributed by atoms with Crippen LogP contribution in [-0.4, -0.2) is 34.6 Å². The smallest absolute Gasteiger partial charge is 0.225 e. The van der Waals surface area contributed by atoms with Crippen LogP contribution in [-0.2, 0) is 4.79 Å². The molecular weight excluding hydrogens is 262 g/mol. The lowest BCUT2D eigenvalue weighted by Gasteiger charge is -2.38. The van der Waals surface area contributed by atoms with E-state index in [0.29, 0.717) is 17.9 Å². The van der Waals surface area contributed by atoms with Crippen LogP contribution in [0, 0.1) is 11.8 Å². The van der Waals surface area contributed by atoms with Gasteiger partial charge in [-0.25, -0.2) is 0 Å². The molecule has 1 N–H and O–H groups in total. The van der Waals surface area contributed by atoms with Crippen LogP contribution in [0.15, 0.2) is 0 Å². The van der Waals surface area contributed by atoms with E-state index in [0.717, 1.165) is 64.3 Å². The van der Waals surface area contributed by atoms with Gasteiger partial charge in [0.25, 0.3) is 0 Å². The monoisotopic (exact) mass is 295 g/mol.